The predicted octanol–water partition coefficient (Wildman–Crippen LogP) is 0.893. The van der Waals surface area contributed by atoms with Crippen LogP contribution in [0.5, 0.6) is 0 Å². The summed E-state index contributed by atoms with van der Waals surface area (Å²) in [6.45, 7) is 5.87. The topological polar surface area (TPSA) is 84.2 Å². The molecule has 1 aromatic heterocycles. The van der Waals surface area contributed by atoms with Crippen LogP contribution in [0.3, 0.4) is 0 Å². The zero-order valence-corrected chi connectivity index (χ0v) is 11.0. The Morgan fingerprint density at radius 1 is 1.53 bits per heavy atom. The number of nitrogens with two attached hydrogens (primary N) is 1. The van der Waals surface area contributed by atoms with E-state index in [1.165, 1.54) is 11.3 Å². The molecule has 0 saturated carbocycles. The van der Waals surface area contributed by atoms with E-state index in [2.05, 4.69) is 10.6 Å². The van der Waals surface area contributed by atoms with Crippen LogP contribution in [-0.2, 0) is 4.79 Å². The monoisotopic (exact) mass is 255 g/mol. The third-order valence-corrected chi connectivity index (χ3v) is 3.34. The summed E-state index contributed by atoms with van der Waals surface area (Å²) in [7, 11) is 0. The van der Waals surface area contributed by atoms with Crippen molar-refractivity contribution in [3.05, 3.63) is 15.8 Å². The molecule has 1 aromatic rings. The Balaban J connectivity index is 2.63. The summed E-state index contributed by atoms with van der Waals surface area (Å²) in [4.78, 5) is 24.7. The van der Waals surface area contributed by atoms with Crippen molar-refractivity contribution < 1.29 is 9.59 Å². The summed E-state index contributed by atoms with van der Waals surface area (Å²) >= 11 is 1.32. The van der Waals surface area contributed by atoms with Crippen molar-refractivity contribution in [2.45, 2.75) is 26.8 Å². The zero-order valence-electron chi connectivity index (χ0n) is 10.2. The first-order valence-electron chi connectivity index (χ1n) is 5.40. The number of aryl methyl sites for hydroxylation is 1. The van der Waals surface area contributed by atoms with Crippen LogP contribution in [-0.4, -0.2) is 24.4 Å². The van der Waals surface area contributed by atoms with Crippen molar-refractivity contribution in [2.24, 2.45) is 0 Å². The third kappa shape index (κ3) is 3.45. The lowest BCUT2D eigenvalue weighted by molar-refractivity contribution is -0.122. The average molecular weight is 255 g/mol. The minimum absolute atomic E-state index is 0.192. The van der Waals surface area contributed by atoms with E-state index < -0.39 is 6.04 Å². The number of carbonyl (C=O) groups excluding carboxylic acids is 2. The van der Waals surface area contributed by atoms with E-state index in [0.29, 0.717) is 17.1 Å². The van der Waals surface area contributed by atoms with E-state index in [9.17, 15) is 9.59 Å². The molecule has 0 aliphatic heterocycles. The molecule has 94 valence electrons. The second kappa shape index (κ2) is 5.67. The van der Waals surface area contributed by atoms with Gasteiger partial charge in [-0.05, 0) is 26.8 Å². The summed E-state index contributed by atoms with van der Waals surface area (Å²) in [6, 6.07) is 1.07. The summed E-state index contributed by atoms with van der Waals surface area (Å²) in [5, 5.41) is 5.27. The lowest BCUT2D eigenvalue weighted by atomic mass is 10.3. The molecule has 0 aliphatic carbocycles. The molecule has 0 bridgehead atoms. The van der Waals surface area contributed by atoms with Crippen molar-refractivity contribution in [3.63, 3.8) is 0 Å². The van der Waals surface area contributed by atoms with Crippen LogP contribution in [0.2, 0.25) is 0 Å². The SMILES string of the molecule is CCNC(=O)C(C)NC(=O)c1cc(N)c(C)s1. The Kier molecular flexibility index (Phi) is 4.51. The molecular weight excluding hydrogens is 238 g/mol. The molecule has 1 atom stereocenters. The van der Waals surface area contributed by atoms with Crippen molar-refractivity contribution >= 4 is 28.8 Å². The van der Waals surface area contributed by atoms with Gasteiger partial charge in [0.25, 0.3) is 5.91 Å². The molecule has 1 heterocycles. The standard InChI is InChI=1S/C11H17N3O2S/c1-4-13-10(15)6(2)14-11(16)9-5-8(12)7(3)17-9/h5-6H,4,12H2,1-3H3,(H,13,15)(H,14,16). The van der Waals surface area contributed by atoms with Crippen LogP contribution in [0, 0.1) is 6.92 Å². The van der Waals surface area contributed by atoms with Gasteiger partial charge in [-0.1, -0.05) is 0 Å². The number of hydrogen-bond donors (Lipinski definition) is 3. The second-order valence-electron chi connectivity index (χ2n) is 3.71. The van der Waals surface area contributed by atoms with Crippen LogP contribution in [0.15, 0.2) is 6.07 Å². The van der Waals surface area contributed by atoms with Gasteiger partial charge in [0, 0.05) is 17.1 Å². The van der Waals surface area contributed by atoms with E-state index in [1.54, 1.807) is 13.0 Å². The molecule has 0 fully saturated rings. The fourth-order valence-corrected chi connectivity index (χ4v) is 2.11. The summed E-state index contributed by atoms with van der Waals surface area (Å²) in [5.41, 5.74) is 6.27. The van der Waals surface area contributed by atoms with E-state index in [1.807, 2.05) is 13.8 Å². The van der Waals surface area contributed by atoms with Gasteiger partial charge in [0.2, 0.25) is 5.91 Å². The molecule has 1 unspecified atom stereocenters. The normalized spacial score (nSPS) is 11.9. The molecule has 17 heavy (non-hydrogen) atoms. The highest BCUT2D eigenvalue weighted by atomic mass is 32.1. The van der Waals surface area contributed by atoms with Crippen molar-refractivity contribution in [2.75, 3.05) is 12.3 Å². The number of thiophene rings is 1. The number of nitrogen functional groups attached to an aromatic ring is 1. The lowest BCUT2D eigenvalue weighted by Gasteiger charge is -2.12. The Labute approximate surface area is 104 Å². The molecular formula is C11H17N3O2S. The number of rotatable bonds is 4. The Morgan fingerprint density at radius 3 is 2.65 bits per heavy atom. The number of hydrogen-bond acceptors (Lipinski definition) is 4. The maximum absolute atomic E-state index is 11.8. The van der Waals surface area contributed by atoms with Gasteiger partial charge >= 0.3 is 0 Å². The lowest BCUT2D eigenvalue weighted by Crippen LogP contribution is -2.44. The number of carbonyl (C=O) groups is 2. The van der Waals surface area contributed by atoms with E-state index in [0.717, 1.165) is 4.88 Å². The largest absolute Gasteiger partial charge is 0.398 e. The van der Waals surface area contributed by atoms with Gasteiger partial charge in [-0.25, -0.2) is 0 Å². The molecule has 1 rings (SSSR count). The highest BCUT2D eigenvalue weighted by Gasteiger charge is 2.17. The van der Waals surface area contributed by atoms with Crippen LogP contribution in [0.25, 0.3) is 0 Å². The molecule has 5 nitrogen and oxygen atoms in total. The number of anilines is 1. The van der Waals surface area contributed by atoms with Crippen LogP contribution < -0.4 is 16.4 Å². The zero-order chi connectivity index (χ0) is 13.0. The third-order valence-electron chi connectivity index (χ3n) is 2.27. The van der Waals surface area contributed by atoms with Crippen LogP contribution >= 0.6 is 11.3 Å². The van der Waals surface area contributed by atoms with Crippen LogP contribution in [0.4, 0.5) is 5.69 Å². The molecule has 2 amide bonds. The summed E-state index contributed by atoms with van der Waals surface area (Å²) in [6.07, 6.45) is 0. The van der Waals surface area contributed by atoms with Gasteiger partial charge in [-0.15, -0.1) is 11.3 Å². The van der Waals surface area contributed by atoms with Gasteiger partial charge in [0.1, 0.15) is 6.04 Å². The average Bonchev–Trinajstić information content (AvgIpc) is 2.59. The second-order valence-corrected chi connectivity index (χ2v) is 4.97. The van der Waals surface area contributed by atoms with E-state index in [4.69, 9.17) is 5.73 Å². The summed E-state index contributed by atoms with van der Waals surface area (Å²) < 4.78 is 0. The fourth-order valence-electron chi connectivity index (χ4n) is 1.27. The molecule has 0 radical (unpaired) electrons. The molecule has 4 N–H and O–H groups in total. The molecule has 0 aliphatic rings. The molecule has 6 heteroatoms. The maximum atomic E-state index is 11.8. The van der Waals surface area contributed by atoms with Crippen molar-refractivity contribution in [1.82, 2.24) is 10.6 Å². The van der Waals surface area contributed by atoms with Gasteiger partial charge < -0.3 is 16.4 Å². The molecule has 0 aromatic carbocycles. The first-order valence-corrected chi connectivity index (χ1v) is 6.21. The van der Waals surface area contributed by atoms with Gasteiger partial charge in [-0.2, -0.15) is 0 Å². The highest BCUT2D eigenvalue weighted by molar-refractivity contribution is 7.14. The summed E-state index contributed by atoms with van der Waals surface area (Å²) in [5.74, 6) is -0.462. The minimum atomic E-state index is -0.550. The minimum Gasteiger partial charge on any atom is -0.398 e. The number of likely N-dealkylation sites (N-methyl/N-ethyl adjacent to an activating group) is 1. The Bertz CT molecular complexity index is 409. The Hall–Kier alpha value is -1.56. The molecule has 0 saturated heterocycles. The smallest absolute Gasteiger partial charge is 0.262 e. The maximum Gasteiger partial charge on any atom is 0.262 e. The Morgan fingerprint density at radius 2 is 2.18 bits per heavy atom. The first kappa shape index (κ1) is 13.5. The van der Waals surface area contributed by atoms with Crippen molar-refractivity contribution in [3.8, 4) is 0 Å². The van der Waals surface area contributed by atoms with Gasteiger partial charge in [0.15, 0.2) is 0 Å². The van der Waals surface area contributed by atoms with Crippen molar-refractivity contribution in [1.29, 1.82) is 0 Å². The number of amides is 2. The molecule has 0 spiro atoms. The highest BCUT2D eigenvalue weighted by Crippen LogP contribution is 2.23. The van der Waals surface area contributed by atoms with E-state index >= 15 is 0 Å². The fraction of sp³-hybridized carbons (Fsp3) is 0.455. The van der Waals surface area contributed by atoms with Crippen LogP contribution in [0.1, 0.15) is 28.4 Å². The quantitative estimate of drug-likeness (QED) is 0.747. The van der Waals surface area contributed by atoms with E-state index in [-0.39, 0.29) is 11.8 Å². The van der Waals surface area contributed by atoms with Gasteiger partial charge in [-0.3, -0.25) is 9.59 Å². The predicted molar refractivity (Wildman–Crippen MR) is 69.1 cm³/mol. The van der Waals surface area contributed by atoms with Gasteiger partial charge in [0.05, 0.1) is 4.88 Å². The number of nitrogens with one attached hydrogen (secondary N) is 2. The first-order chi connectivity index (χ1) is 7.95.